The van der Waals surface area contributed by atoms with Gasteiger partial charge in [-0.05, 0) is 23.8 Å². The van der Waals surface area contributed by atoms with E-state index in [4.69, 9.17) is 0 Å². The third kappa shape index (κ3) is 3.49. The first-order valence-electron chi connectivity index (χ1n) is 5.63. The van der Waals surface area contributed by atoms with Crippen LogP contribution in [0.1, 0.15) is 5.56 Å². The van der Waals surface area contributed by atoms with Crippen LogP contribution in [0.25, 0.3) is 0 Å². The quantitative estimate of drug-likeness (QED) is 0.641. The van der Waals surface area contributed by atoms with E-state index in [1.807, 2.05) is 30.3 Å². The average molecular weight is 261 g/mol. The number of hydrogen-bond acceptors (Lipinski definition) is 4. The van der Waals surface area contributed by atoms with Crippen LogP contribution < -0.4 is 10.9 Å². The minimum atomic E-state index is -0.830. The van der Waals surface area contributed by atoms with E-state index in [2.05, 4.69) is 10.9 Å². The Morgan fingerprint density at radius 1 is 1.16 bits per heavy atom. The van der Waals surface area contributed by atoms with Crippen molar-refractivity contribution in [3.05, 3.63) is 70.0 Å². The molecule has 0 spiro atoms. The van der Waals surface area contributed by atoms with Gasteiger partial charge in [-0.2, -0.15) is 4.39 Å². The molecule has 5 nitrogen and oxygen atoms in total. The largest absolute Gasteiger partial charge is 0.321 e. The van der Waals surface area contributed by atoms with E-state index in [-0.39, 0.29) is 0 Å². The maximum atomic E-state index is 13.4. The molecular weight excluding hydrogens is 249 g/mol. The Morgan fingerprint density at radius 2 is 1.89 bits per heavy atom. The molecule has 0 saturated heterocycles. The predicted molar refractivity (Wildman–Crippen MR) is 70.0 cm³/mol. The fraction of sp³-hybridized carbons (Fsp3) is 0.0769. The summed E-state index contributed by atoms with van der Waals surface area (Å²) in [6.07, 6.45) is 0. The zero-order valence-electron chi connectivity index (χ0n) is 9.97. The summed E-state index contributed by atoms with van der Waals surface area (Å²) in [4.78, 5) is 9.73. The smallest absolute Gasteiger partial charge is 0.304 e. The third-order valence-electron chi connectivity index (χ3n) is 2.51. The van der Waals surface area contributed by atoms with E-state index in [1.165, 1.54) is 6.07 Å². The van der Waals surface area contributed by atoms with Gasteiger partial charge in [0.2, 0.25) is 5.82 Å². The molecule has 0 fully saturated rings. The van der Waals surface area contributed by atoms with Crippen molar-refractivity contribution in [1.29, 1.82) is 0 Å². The van der Waals surface area contributed by atoms with Crippen LogP contribution in [0.3, 0.4) is 0 Å². The van der Waals surface area contributed by atoms with Crippen molar-refractivity contribution in [3.8, 4) is 0 Å². The van der Waals surface area contributed by atoms with Gasteiger partial charge in [0.1, 0.15) is 0 Å². The van der Waals surface area contributed by atoms with Crippen LogP contribution in [-0.4, -0.2) is 4.92 Å². The highest BCUT2D eigenvalue weighted by atomic mass is 19.1. The summed E-state index contributed by atoms with van der Waals surface area (Å²) in [6, 6.07) is 13.3. The van der Waals surface area contributed by atoms with Crippen LogP contribution >= 0.6 is 0 Å². The maximum Gasteiger partial charge on any atom is 0.304 e. The lowest BCUT2D eigenvalue weighted by Crippen LogP contribution is -2.20. The Hall–Kier alpha value is -2.47. The van der Waals surface area contributed by atoms with E-state index in [1.54, 1.807) is 0 Å². The minimum Gasteiger partial charge on any atom is -0.321 e. The molecule has 0 radical (unpaired) electrons. The Morgan fingerprint density at radius 3 is 2.53 bits per heavy atom. The van der Waals surface area contributed by atoms with Crippen molar-refractivity contribution in [2.45, 2.75) is 6.54 Å². The molecule has 0 aliphatic heterocycles. The molecule has 0 amide bonds. The van der Waals surface area contributed by atoms with E-state index in [0.29, 0.717) is 12.1 Å². The maximum absolute atomic E-state index is 13.4. The Kier molecular flexibility index (Phi) is 4.04. The summed E-state index contributed by atoms with van der Waals surface area (Å²) in [5, 5.41) is 10.5. The van der Waals surface area contributed by atoms with E-state index >= 15 is 0 Å². The molecule has 2 rings (SSSR count). The van der Waals surface area contributed by atoms with Gasteiger partial charge in [0.15, 0.2) is 0 Å². The minimum absolute atomic E-state index is 0.351. The summed E-state index contributed by atoms with van der Waals surface area (Å²) in [5.74, 6) is -0.830. The molecule has 2 N–H and O–H groups in total. The van der Waals surface area contributed by atoms with Gasteiger partial charge in [-0.3, -0.25) is 10.1 Å². The van der Waals surface area contributed by atoms with Crippen LogP contribution in [0.15, 0.2) is 48.5 Å². The fourth-order valence-electron chi connectivity index (χ4n) is 1.58. The number of hydrogen-bond donors (Lipinski definition) is 2. The van der Waals surface area contributed by atoms with Crippen molar-refractivity contribution in [3.63, 3.8) is 0 Å². The molecule has 0 aliphatic carbocycles. The van der Waals surface area contributed by atoms with Gasteiger partial charge < -0.3 is 5.43 Å². The molecule has 2 aromatic carbocycles. The lowest BCUT2D eigenvalue weighted by molar-refractivity contribution is -0.387. The number of nitrogens with one attached hydrogen (secondary N) is 2. The molecule has 0 aromatic heterocycles. The Balaban J connectivity index is 1.93. The lowest BCUT2D eigenvalue weighted by atomic mass is 10.2. The van der Waals surface area contributed by atoms with Gasteiger partial charge in [0.05, 0.1) is 4.92 Å². The van der Waals surface area contributed by atoms with Crippen LogP contribution in [0.4, 0.5) is 15.8 Å². The van der Waals surface area contributed by atoms with Crippen molar-refractivity contribution < 1.29 is 9.31 Å². The summed E-state index contributed by atoms with van der Waals surface area (Å²) < 4.78 is 13.4. The van der Waals surface area contributed by atoms with Gasteiger partial charge in [0, 0.05) is 18.3 Å². The van der Waals surface area contributed by atoms with Crippen molar-refractivity contribution >= 4 is 11.4 Å². The number of benzene rings is 2. The Bertz CT molecular complexity index is 575. The van der Waals surface area contributed by atoms with E-state index in [0.717, 1.165) is 17.8 Å². The molecule has 6 heteroatoms. The van der Waals surface area contributed by atoms with Crippen LogP contribution in [-0.2, 0) is 6.54 Å². The van der Waals surface area contributed by atoms with Gasteiger partial charge in [-0.25, -0.2) is 5.43 Å². The Labute approximate surface area is 109 Å². The number of nitrogens with zero attached hydrogens (tertiary/aromatic N) is 1. The molecule has 0 unspecified atom stereocenters. The summed E-state index contributed by atoms with van der Waals surface area (Å²) in [5.41, 5.74) is 6.83. The van der Waals surface area contributed by atoms with Crippen molar-refractivity contribution in [2.75, 3.05) is 5.43 Å². The number of nitro groups is 1. The zero-order chi connectivity index (χ0) is 13.7. The normalized spacial score (nSPS) is 10.2. The number of rotatable bonds is 5. The highest BCUT2D eigenvalue weighted by Crippen LogP contribution is 2.17. The van der Waals surface area contributed by atoms with Gasteiger partial charge in [-0.1, -0.05) is 24.3 Å². The number of halogens is 1. The monoisotopic (exact) mass is 261 g/mol. The summed E-state index contributed by atoms with van der Waals surface area (Å²) in [7, 11) is 0. The molecular formula is C13H12FN3O2. The number of nitro benzene ring substituents is 1. The van der Waals surface area contributed by atoms with Crippen molar-refractivity contribution in [2.24, 2.45) is 0 Å². The standard InChI is InChI=1S/C13H12FN3O2/c14-12-8-10(6-7-13(12)17(18)19)9-15-16-11-4-2-1-3-5-11/h1-8,15-16H,9H2. The predicted octanol–water partition coefficient (Wildman–Crippen LogP) is 2.85. The molecule has 0 bridgehead atoms. The molecule has 0 atom stereocenters. The van der Waals surface area contributed by atoms with Crippen LogP contribution in [0.5, 0.6) is 0 Å². The first-order valence-corrected chi connectivity index (χ1v) is 5.63. The molecule has 0 aliphatic rings. The summed E-state index contributed by atoms with van der Waals surface area (Å²) in [6.45, 7) is 0.351. The first-order chi connectivity index (χ1) is 9.16. The van der Waals surface area contributed by atoms with Gasteiger partial charge in [-0.15, -0.1) is 0 Å². The molecule has 0 saturated carbocycles. The number of anilines is 1. The molecule has 0 heterocycles. The topological polar surface area (TPSA) is 67.2 Å². The van der Waals surface area contributed by atoms with E-state index < -0.39 is 16.4 Å². The molecule has 19 heavy (non-hydrogen) atoms. The SMILES string of the molecule is O=[N+]([O-])c1ccc(CNNc2ccccc2)cc1F. The van der Waals surface area contributed by atoms with E-state index in [9.17, 15) is 14.5 Å². The number of hydrazine groups is 1. The zero-order valence-corrected chi connectivity index (χ0v) is 9.97. The van der Waals surface area contributed by atoms with Crippen LogP contribution in [0.2, 0.25) is 0 Å². The highest BCUT2D eigenvalue weighted by Gasteiger charge is 2.13. The first kappa shape index (κ1) is 13.0. The second-order valence-corrected chi connectivity index (χ2v) is 3.89. The third-order valence-corrected chi connectivity index (χ3v) is 2.51. The fourth-order valence-corrected chi connectivity index (χ4v) is 1.58. The summed E-state index contributed by atoms with van der Waals surface area (Å²) >= 11 is 0. The second-order valence-electron chi connectivity index (χ2n) is 3.89. The molecule has 98 valence electrons. The highest BCUT2D eigenvalue weighted by molar-refractivity contribution is 5.41. The van der Waals surface area contributed by atoms with Crippen molar-refractivity contribution in [1.82, 2.24) is 5.43 Å². The van der Waals surface area contributed by atoms with Gasteiger partial charge >= 0.3 is 5.69 Å². The average Bonchev–Trinajstić information content (AvgIpc) is 2.39. The molecule has 2 aromatic rings. The van der Waals surface area contributed by atoms with Gasteiger partial charge in [0.25, 0.3) is 0 Å². The lowest BCUT2D eigenvalue weighted by Gasteiger charge is -2.08. The number of para-hydroxylation sites is 1. The van der Waals surface area contributed by atoms with Crippen LogP contribution in [0, 0.1) is 15.9 Å². The second kappa shape index (κ2) is 5.92.